The summed E-state index contributed by atoms with van der Waals surface area (Å²) >= 11 is 6.22. The zero-order valence-corrected chi connectivity index (χ0v) is 21.4. The molecular formula is C25H25ClN4O7. The molecule has 12 heteroatoms. The lowest BCUT2D eigenvalue weighted by Gasteiger charge is -2.39. The monoisotopic (exact) mass is 528 g/mol. The maximum Gasteiger partial charge on any atom is 0.366 e. The number of amides is 1. The van der Waals surface area contributed by atoms with Gasteiger partial charge in [-0.3, -0.25) is 25.0 Å². The second-order valence-electron chi connectivity index (χ2n) is 10.3. The first-order valence-corrected chi connectivity index (χ1v) is 11.9. The van der Waals surface area contributed by atoms with E-state index in [1.807, 2.05) is 27.7 Å². The predicted molar refractivity (Wildman–Crippen MR) is 136 cm³/mol. The number of non-ortho nitro benzene ring substituents is 2. The van der Waals surface area contributed by atoms with Gasteiger partial charge in [-0.2, -0.15) is 0 Å². The first kappa shape index (κ1) is 26.2. The van der Waals surface area contributed by atoms with Crippen LogP contribution in [0.3, 0.4) is 0 Å². The molecule has 194 valence electrons. The summed E-state index contributed by atoms with van der Waals surface area (Å²) in [4.78, 5) is 52.1. The van der Waals surface area contributed by atoms with E-state index in [4.69, 9.17) is 16.4 Å². The zero-order chi connectivity index (χ0) is 27.3. The largest absolute Gasteiger partial charge is 0.366 e. The van der Waals surface area contributed by atoms with Gasteiger partial charge in [-0.1, -0.05) is 43.6 Å². The van der Waals surface area contributed by atoms with E-state index in [0.29, 0.717) is 29.3 Å². The van der Waals surface area contributed by atoms with Gasteiger partial charge in [0, 0.05) is 34.7 Å². The molecular weight excluding hydrogens is 504 g/mol. The van der Waals surface area contributed by atoms with Gasteiger partial charge >= 0.3 is 5.97 Å². The average Bonchev–Trinajstić information content (AvgIpc) is 3.15. The quantitative estimate of drug-likeness (QED) is 0.281. The van der Waals surface area contributed by atoms with Crippen LogP contribution < -0.4 is 5.32 Å². The molecule has 2 bridgehead atoms. The van der Waals surface area contributed by atoms with Crippen LogP contribution in [0.1, 0.15) is 56.0 Å². The lowest BCUT2D eigenvalue weighted by atomic mass is 9.64. The van der Waals surface area contributed by atoms with Crippen molar-refractivity contribution in [2.75, 3.05) is 5.32 Å². The summed E-state index contributed by atoms with van der Waals surface area (Å²) < 4.78 is 0. The fraction of sp³-hybridized carbons (Fsp3) is 0.400. The molecule has 2 aliphatic carbocycles. The maximum absolute atomic E-state index is 13.7. The number of fused-ring (bicyclic) bond motifs is 2. The van der Waals surface area contributed by atoms with Gasteiger partial charge in [0.05, 0.1) is 32.6 Å². The predicted octanol–water partition coefficient (Wildman–Crippen LogP) is 5.83. The number of carbonyl (C=O) groups is 2. The third-order valence-electron chi connectivity index (χ3n) is 8.48. The Labute approximate surface area is 217 Å². The highest BCUT2D eigenvalue weighted by Crippen LogP contribution is 2.71. The summed E-state index contributed by atoms with van der Waals surface area (Å²) in [6, 6.07) is 7.82. The van der Waals surface area contributed by atoms with Gasteiger partial charge in [0.1, 0.15) is 0 Å². The molecule has 2 saturated carbocycles. The lowest BCUT2D eigenvalue weighted by molar-refractivity contribution is -0.394. The number of nitro benzene ring substituents is 2. The van der Waals surface area contributed by atoms with Crippen molar-refractivity contribution >= 4 is 46.3 Å². The van der Waals surface area contributed by atoms with Crippen molar-refractivity contribution in [1.82, 2.24) is 0 Å². The Kier molecular flexibility index (Phi) is 6.31. The molecule has 0 aliphatic heterocycles. The van der Waals surface area contributed by atoms with Crippen LogP contribution in [0.25, 0.3) is 0 Å². The van der Waals surface area contributed by atoms with Crippen molar-refractivity contribution in [1.29, 1.82) is 0 Å². The highest BCUT2D eigenvalue weighted by molar-refractivity contribution is 6.31. The topological polar surface area (TPSA) is 154 Å². The van der Waals surface area contributed by atoms with Crippen molar-refractivity contribution in [2.24, 2.45) is 21.4 Å². The van der Waals surface area contributed by atoms with Gasteiger partial charge in [0.2, 0.25) is 5.91 Å². The molecule has 2 aromatic carbocycles. The number of carbonyl (C=O) groups excluding carboxylic acids is 2. The molecule has 0 heterocycles. The van der Waals surface area contributed by atoms with E-state index in [2.05, 4.69) is 10.5 Å². The van der Waals surface area contributed by atoms with Gasteiger partial charge in [-0.15, -0.1) is 0 Å². The second kappa shape index (κ2) is 8.91. The molecule has 37 heavy (non-hydrogen) atoms. The third kappa shape index (κ3) is 4.03. The molecule has 0 saturated heterocycles. The van der Waals surface area contributed by atoms with E-state index < -0.39 is 43.4 Å². The van der Waals surface area contributed by atoms with Crippen LogP contribution in [0.5, 0.6) is 0 Å². The van der Waals surface area contributed by atoms with Crippen LogP contribution in [0, 0.1) is 43.4 Å². The first-order valence-electron chi connectivity index (χ1n) is 11.5. The van der Waals surface area contributed by atoms with E-state index >= 15 is 0 Å². The molecule has 1 N–H and O–H groups in total. The molecule has 2 atom stereocenters. The summed E-state index contributed by atoms with van der Waals surface area (Å²) in [5.41, 5.74) is -1.68. The van der Waals surface area contributed by atoms with Crippen LogP contribution >= 0.6 is 11.6 Å². The minimum Gasteiger partial charge on any atom is -0.325 e. The van der Waals surface area contributed by atoms with Crippen molar-refractivity contribution < 1.29 is 24.3 Å². The van der Waals surface area contributed by atoms with Crippen molar-refractivity contribution in [3.63, 3.8) is 0 Å². The van der Waals surface area contributed by atoms with Crippen molar-refractivity contribution in [2.45, 2.75) is 47.0 Å². The second-order valence-corrected chi connectivity index (χ2v) is 10.7. The standard InChI is InChI=1S/C25H25ClN4O7/c1-14-18(26)6-5-7-19(14)27-22(32)25-9-8-24(4,23(25,2)3)20(13-25)28-37-21(31)15-10-16(29(33)34)12-17(11-15)30(35)36/h5-7,10-12H,8-9,13H2,1-4H3,(H,27,32)/b28-20-. The molecule has 11 nitrogen and oxygen atoms in total. The minimum absolute atomic E-state index is 0.183. The van der Waals surface area contributed by atoms with Gasteiger partial charge in [0.15, 0.2) is 0 Å². The Morgan fingerprint density at radius 2 is 1.68 bits per heavy atom. The molecule has 0 radical (unpaired) electrons. The third-order valence-corrected chi connectivity index (χ3v) is 8.89. The number of benzene rings is 2. The number of hydrogen-bond acceptors (Lipinski definition) is 8. The number of rotatable bonds is 6. The van der Waals surface area contributed by atoms with Gasteiger partial charge in [-0.25, -0.2) is 4.79 Å². The lowest BCUT2D eigenvalue weighted by Crippen LogP contribution is -2.43. The van der Waals surface area contributed by atoms with E-state index in [1.54, 1.807) is 18.2 Å². The number of nitro groups is 2. The number of anilines is 1. The van der Waals surface area contributed by atoms with Crippen LogP contribution in [0.2, 0.25) is 5.02 Å². The highest BCUT2D eigenvalue weighted by atomic mass is 35.5. The number of oxime groups is 1. The summed E-state index contributed by atoms with van der Waals surface area (Å²) in [6.45, 7) is 7.75. The average molecular weight is 529 g/mol. The van der Waals surface area contributed by atoms with Crippen molar-refractivity contribution in [3.05, 3.63) is 72.8 Å². The SMILES string of the molecule is Cc1c(Cl)cccc1NC(=O)C12CCC(C)(/C(=N\OC(=O)c3cc([N+](=O)[O-])cc([N+](=O)[O-])c3)C1)C2(C)C. The van der Waals surface area contributed by atoms with Gasteiger partial charge in [0.25, 0.3) is 11.4 Å². The fourth-order valence-corrected chi connectivity index (χ4v) is 5.75. The summed E-state index contributed by atoms with van der Waals surface area (Å²) in [5.74, 6) is -1.26. The Morgan fingerprint density at radius 1 is 1.05 bits per heavy atom. The van der Waals surface area contributed by atoms with Gasteiger partial charge in [-0.05, 0) is 42.9 Å². The first-order chi connectivity index (χ1) is 17.2. The van der Waals surface area contributed by atoms with Crippen LogP contribution in [0.4, 0.5) is 17.1 Å². The Morgan fingerprint density at radius 3 is 2.27 bits per heavy atom. The maximum atomic E-state index is 13.7. The highest BCUT2D eigenvalue weighted by Gasteiger charge is 2.71. The normalized spacial score (nSPS) is 24.6. The smallest absolute Gasteiger partial charge is 0.325 e. The minimum atomic E-state index is -1.07. The van der Waals surface area contributed by atoms with E-state index in [-0.39, 0.29) is 17.9 Å². The van der Waals surface area contributed by atoms with E-state index in [0.717, 1.165) is 23.8 Å². The summed E-state index contributed by atoms with van der Waals surface area (Å²) in [6.07, 6.45) is 1.47. The summed E-state index contributed by atoms with van der Waals surface area (Å²) in [5, 5.41) is 29.9. The van der Waals surface area contributed by atoms with Crippen LogP contribution in [-0.2, 0) is 9.63 Å². The molecule has 2 aliphatic rings. The zero-order valence-electron chi connectivity index (χ0n) is 20.7. The Hall–Kier alpha value is -3.86. The number of halogens is 1. The number of nitrogens with one attached hydrogen (secondary N) is 1. The molecule has 2 unspecified atom stereocenters. The fourth-order valence-electron chi connectivity index (χ4n) is 5.58. The van der Waals surface area contributed by atoms with E-state index in [9.17, 15) is 29.8 Å². The van der Waals surface area contributed by atoms with Gasteiger partial charge < -0.3 is 10.2 Å². The molecule has 1 amide bonds. The van der Waals surface area contributed by atoms with Crippen LogP contribution in [0.15, 0.2) is 41.6 Å². The van der Waals surface area contributed by atoms with Crippen molar-refractivity contribution in [3.8, 4) is 0 Å². The molecule has 0 aromatic heterocycles. The molecule has 4 rings (SSSR count). The summed E-state index contributed by atoms with van der Waals surface area (Å²) in [7, 11) is 0. The van der Waals surface area contributed by atoms with E-state index in [1.165, 1.54) is 0 Å². The Balaban J connectivity index is 1.62. The number of hydrogen-bond donors (Lipinski definition) is 1. The number of nitrogens with zero attached hydrogens (tertiary/aromatic N) is 3. The molecule has 2 aromatic rings. The van der Waals surface area contributed by atoms with Crippen LogP contribution in [-0.4, -0.2) is 27.4 Å². The molecule has 2 fully saturated rings. The Bertz CT molecular complexity index is 1360. The molecule has 0 spiro atoms.